The number of hydrogen-bond donors (Lipinski definition) is 3. The summed E-state index contributed by atoms with van der Waals surface area (Å²) < 4.78 is 4.67. The maximum absolute atomic E-state index is 11.3. The topological polar surface area (TPSA) is 87.0 Å². The Balaban J connectivity index is 2.13. The van der Waals surface area contributed by atoms with Gasteiger partial charge in [0.1, 0.15) is 5.75 Å². The lowest BCUT2D eigenvalue weighted by Crippen LogP contribution is -2.19. The summed E-state index contributed by atoms with van der Waals surface area (Å²) in [4.78, 5) is 11.3. The fourth-order valence-electron chi connectivity index (χ4n) is 4.08. The van der Waals surface area contributed by atoms with Crippen LogP contribution < -0.4 is 0 Å². The highest BCUT2D eigenvalue weighted by atomic mass is 16.5. The molecule has 30 heavy (non-hydrogen) atoms. The number of aryl methyl sites for hydroxylation is 1. The lowest BCUT2D eigenvalue weighted by Gasteiger charge is -2.22. The molecular weight excluding hydrogens is 380 g/mol. The normalized spacial score (nSPS) is 23.0. The molecule has 0 unspecified atom stereocenters. The van der Waals surface area contributed by atoms with Crippen LogP contribution in [-0.4, -0.2) is 40.6 Å². The molecule has 1 aromatic carbocycles. The van der Waals surface area contributed by atoms with Crippen molar-refractivity contribution in [2.45, 2.75) is 70.5 Å². The molecule has 3 N–H and O–H groups in total. The molecule has 1 aliphatic rings. The van der Waals surface area contributed by atoms with E-state index >= 15 is 0 Å². The summed E-state index contributed by atoms with van der Waals surface area (Å²) in [6, 6.07) is 5.68. The van der Waals surface area contributed by atoms with Crippen LogP contribution in [0.4, 0.5) is 0 Å². The Bertz CT molecular complexity index is 788. The molecule has 5 nitrogen and oxygen atoms in total. The van der Waals surface area contributed by atoms with Crippen molar-refractivity contribution in [3.05, 3.63) is 41.5 Å². The van der Waals surface area contributed by atoms with Crippen molar-refractivity contribution < 1.29 is 24.9 Å². The first-order chi connectivity index (χ1) is 14.4. The number of para-hydroxylation sites is 1. The van der Waals surface area contributed by atoms with E-state index in [9.17, 15) is 20.1 Å². The van der Waals surface area contributed by atoms with Gasteiger partial charge in [-0.3, -0.25) is 4.79 Å². The van der Waals surface area contributed by atoms with Gasteiger partial charge >= 0.3 is 5.97 Å². The number of phenolic OH excluding ortho intramolecular Hbond substituents is 1. The molecule has 5 atom stereocenters. The molecule has 1 saturated carbocycles. The number of aliphatic hydroxyl groups is 2. The Hall–Kier alpha value is -2.29. The van der Waals surface area contributed by atoms with Gasteiger partial charge in [-0.2, -0.15) is 0 Å². The number of phenols is 1. The number of rotatable bonds is 9. The minimum absolute atomic E-state index is 0.0113. The van der Waals surface area contributed by atoms with Crippen LogP contribution in [-0.2, 0) is 16.0 Å². The van der Waals surface area contributed by atoms with Gasteiger partial charge in [-0.05, 0) is 55.6 Å². The van der Waals surface area contributed by atoms with Crippen LogP contribution in [0.2, 0.25) is 0 Å². The number of methoxy groups -OCH3 is 1. The van der Waals surface area contributed by atoms with Gasteiger partial charge in [0.15, 0.2) is 0 Å². The summed E-state index contributed by atoms with van der Waals surface area (Å²) >= 11 is 0. The third-order valence-electron chi connectivity index (χ3n) is 6.00. The molecule has 0 aromatic heterocycles. The van der Waals surface area contributed by atoms with Crippen molar-refractivity contribution in [2.24, 2.45) is 11.8 Å². The standard InChI is InChI=1S/C25H34O5/c1-4-5-8-17(2)22(26)15-14-20-19(13-16-23(20)27)21-11-6-9-18(25(21)29)10-7-12-24(28)30-3/h6,9,11,14-15,17,19-20,22-23,26-27,29H,7-8,10,12-13,16H2,1-3H3/b15-14+/t17-,19-,20+,22+,23+/m0/s1. The number of aromatic hydroxyl groups is 1. The number of hydrogen-bond acceptors (Lipinski definition) is 5. The summed E-state index contributed by atoms with van der Waals surface area (Å²) in [5.41, 5.74) is 1.61. The summed E-state index contributed by atoms with van der Waals surface area (Å²) in [5.74, 6) is 5.64. The van der Waals surface area contributed by atoms with E-state index in [0.29, 0.717) is 32.1 Å². The van der Waals surface area contributed by atoms with Crippen LogP contribution in [0.5, 0.6) is 5.75 Å². The highest BCUT2D eigenvalue weighted by molar-refractivity contribution is 5.69. The van der Waals surface area contributed by atoms with E-state index in [-0.39, 0.29) is 29.5 Å². The Morgan fingerprint density at radius 3 is 2.83 bits per heavy atom. The lowest BCUT2D eigenvalue weighted by atomic mass is 9.85. The maximum atomic E-state index is 11.3. The predicted octanol–water partition coefficient (Wildman–Crippen LogP) is 3.71. The average molecular weight is 415 g/mol. The van der Waals surface area contributed by atoms with E-state index in [2.05, 4.69) is 16.6 Å². The zero-order valence-corrected chi connectivity index (χ0v) is 18.2. The molecule has 0 spiro atoms. The van der Waals surface area contributed by atoms with Crippen molar-refractivity contribution in [1.29, 1.82) is 0 Å². The molecule has 0 heterocycles. The van der Waals surface area contributed by atoms with E-state index in [0.717, 1.165) is 17.5 Å². The SMILES string of the molecule is CC#CC[C@H](C)[C@H](O)/C=C/[C@H]1[C@H](O)CC[C@@H]1c1cccc(CCCC(=O)OC)c1O. The summed E-state index contributed by atoms with van der Waals surface area (Å²) in [6.07, 6.45) is 6.05. The largest absolute Gasteiger partial charge is 0.507 e. The zero-order valence-electron chi connectivity index (χ0n) is 18.2. The average Bonchev–Trinajstić information content (AvgIpc) is 3.11. The highest BCUT2D eigenvalue weighted by Crippen LogP contribution is 2.44. The van der Waals surface area contributed by atoms with Gasteiger partial charge in [0.25, 0.3) is 0 Å². The zero-order chi connectivity index (χ0) is 22.1. The number of aliphatic hydroxyl groups excluding tert-OH is 2. The summed E-state index contributed by atoms with van der Waals surface area (Å²) in [5, 5.41) is 31.8. The third-order valence-corrected chi connectivity index (χ3v) is 6.00. The molecule has 1 aromatic rings. The smallest absolute Gasteiger partial charge is 0.305 e. The molecule has 1 aliphatic carbocycles. The van der Waals surface area contributed by atoms with Crippen molar-refractivity contribution in [3.8, 4) is 17.6 Å². The van der Waals surface area contributed by atoms with E-state index < -0.39 is 12.2 Å². The first kappa shape index (κ1) is 24.0. The van der Waals surface area contributed by atoms with Crippen LogP contribution in [0.15, 0.2) is 30.4 Å². The molecule has 0 bridgehead atoms. The maximum Gasteiger partial charge on any atom is 0.305 e. The van der Waals surface area contributed by atoms with Crippen LogP contribution in [0.1, 0.15) is 63.0 Å². The number of benzene rings is 1. The molecule has 2 rings (SSSR count). The van der Waals surface area contributed by atoms with Crippen molar-refractivity contribution in [1.82, 2.24) is 0 Å². The molecule has 0 amide bonds. The molecule has 0 saturated heterocycles. The first-order valence-corrected chi connectivity index (χ1v) is 10.7. The van der Waals surface area contributed by atoms with Gasteiger partial charge in [-0.15, -0.1) is 11.8 Å². The molecule has 0 radical (unpaired) electrons. The lowest BCUT2D eigenvalue weighted by molar-refractivity contribution is -0.140. The second-order valence-corrected chi connectivity index (χ2v) is 8.10. The Kier molecular flexibility index (Phi) is 9.42. The van der Waals surface area contributed by atoms with Gasteiger partial charge < -0.3 is 20.1 Å². The Morgan fingerprint density at radius 2 is 2.13 bits per heavy atom. The minimum Gasteiger partial charge on any atom is -0.507 e. The fourth-order valence-corrected chi connectivity index (χ4v) is 4.08. The first-order valence-electron chi connectivity index (χ1n) is 10.7. The predicted molar refractivity (Wildman–Crippen MR) is 117 cm³/mol. The van der Waals surface area contributed by atoms with Gasteiger partial charge in [0.2, 0.25) is 0 Å². The van der Waals surface area contributed by atoms with Crippen LogP contribution in [0.25, 0.3) is 0 Å². The van der Waals surface area contributed by atoms with Gasteiger partial charge in [-0.1, -0.05) is 37.3 Å². The third kappa shape index (κ3) is 6.35. The summed E-state index contributed by atoms with van der Waals surface area (Å²) in [6.45, 7) is 3.73. The number of ether oxygens (including phenoxy) is 1. The second-order valence-electron chi connectivity index (χ2n) is 8.10. The fraction of sp³-hybridized carbons (Fsp3) is 0.560. The van der Waals surface area contributed by atoms with Crippen molar-refractivity contribution in [3.63, 3.8) is 0 Å². The summed E-state index contributed by atoms with van der Waals surface area (Å²) in [7, 11) is 1.37. The van der Waals surface area contributed by atoms with E-state index in [1.807, 2.05) is 31.2 Å². The quantitative estimate of drug-likeness (QED) is 0.326. The van der Waals surface area contributed by atoms with Gasteiger partial charge in [0, 0.05) is 18.8 Å². The molecule has 164 valence electrons. The van der Waals surface area contributed by atoms with Crippen LogP contribution in [0.3, 0.4) is 0 Å². The van der Waals surface area contributed by atoms with Crippen molar-refractivity contribution in [2.75, 3.05) is 7.11 Å². The van der Waals surface area contributed by atoms with E-state index in [4.69, 9.17) is 0 Å². The van der Waals surface area contributed by atoms with Gasteiger partial charge in [-0.25, -0.2) is 0 Å². The second kappa shape index (κ2) is 11.8. The molecule has 1 fully saturated rings. The number of esters is 1. The van der Waals surface area contributed by atoms with Crippen LogP contribution in [0, 0.1) is 23.7 Å². The molecular formula is C25H34O5. The monoisotopic (exact) mass is 414 g/mol. The molecule has 0 aliphatic heterocycles. The van der Waals surface area contributed by atoms with E-state index in [1.54, 1.807) is 13.0 Å². The van der Waals surface area contributed by atoms with Crippen LogP contribution >= 0.6 is 0 Å². The number of carbonyl (C=O) groups excluding carboxylic acids is 1. The Morgan fingerprint density at radius 1 is 1.37 bits per heavy atom. The highest BCUT2D eigenvalue weighted by Gasteiger charge is 2.36. The number of carbonyl (C=O) groups is 1. The molecule has 5 heteroatoms. The Labute approximate surface area is 179 Å². The minimum atomic E-state index is -0.627. The van der Waals surface area contributed by atoms with Crippen molar-refractivity contribution >= 4 is 5.97 Å². The van der Waals surface area contributed by atoms with E-state index in [1.165, 1.54) is 7.11 Å². The van der Waals surface area contributed by atoms with Gasteiger partial charge in [0.05, 0.1) is 19.3 Å².